The molecule has 3 N–H and O–H groups in total. The van der Waals surface area contributed by atoms with Gasteiger partial charge in [0.1, 0.15) is 6.04 Å². The summed E-state index contributed by atoms with van der Waals surface area (Å²) >= 11 is 0. The van der Waals surface area contributed by atoms with Gasteiger partial charge in [-0.15, -0.1) is 0 Å². The summed E-state index contributed by atoms with van der Waals surface area (Å²) in [7, 11) is 6.37. The molecule has 0 spiro atoms. The number of hydrogen-bond donors (Lipinski definition) is 2. The van der Waals surface area contributed by atoms with Crippen LogP contribution in [0.2, 0.25) is 0 Å². The number of quaternary nitrogens is 1. The van der Waals surface area contributed by atoms with E-state index in [4.69, 9.17) is 10.8 Å². The lowest BCUT2D eigenvalue weighted by atomic mass is 10.1. The van der Waals surface area contributed by atoms with Crippen molar-refractivity contribution in [3.8, 4) is 0 Å². The zero-order chi connectivity index (χ0) is 10.5. The molecule has 0 radical (unpaired) electrons. The number of carboxylic acids is 1. The zero-order valence-electron chi connectivity index (χ0n) is 9.16. The molecule has 1 atom stereocenters. The minimum Gasteiger partial charge on any atom is -1.00 e. The van der Waals surface area contributed by atoms with Gasteiger partial charge in [-0.3, -0.25) is 4.79 Å². The summed E-state index contributed by atoms with van der Waals surface area (Å²) in [6, 6.07) is -0.688. The molecule has 0 saturated heterocycles. The first-order valence-electron chi connectivity index (χ1n) is 4.62. The lowest BCUT2D eigenvalue weighted by Gasteiger charge is -2.23. The lowest BCUT2D eigenvalue weighted by Crippen LogP contribution is -3.00. The van der Waals surface area contributed by atoms with Crippen LogP contribution in [-0.2, 0) is 4.79 Å². The lowest BCUT2D eigenvalue weighted by molar-refractivity contribution is -0.870. The molecule has 0 aliphatic rings. The van der Waals surface area contributed by atoms with E-state index in [1.165, 1.54) is 0 Å². The summed E-state index contributed by atoms with van der Waals surface area (Å²) < 4.78 is 0.919. The highest BCUT2D eigenvalue weighted by atomic mass is 35.5. The molecule has 0 unspecified atom stereocenters. The van der Waals surface area contributed by atoms with Gasteiger partial charge in [0.05, 0.1) is 27.7 Å². The Morgan fingerprint density at radius 1 is 1.36 bits per heavy atom. The van der Waals surface area contributed by atoms with E-state index >= 15 is 0 Å². The van der Waals surface area contributed by atoms with Crippen molar-refractivity contribution < 1.29 is 26.8 Å². The zero-order valence-corrected chi connectivity index (χ0v) is 9.92. The number of nitrogens with zero attached hydrogens (tertiary/aromatic N) is 1. The standard InChI is InChI=1S/C9H20N2O2.ClH/c1-11(2,3)7-5-4-6-8(10)9(12)13;/h8H,4-7,10H2,1-3H3;1H/t8-;/m0./s1/i1+1,2+1,3+1;. The molecule has 0 fully saturated rings. The van der Waals surface area contributed by atoms with E-state index in [-0.39, 0.29) is 12.4 Å². The minimum atomic E-state index is -0.898. The maximum absolute atomic E-state index is 10.4. The number of unbranched alkanes of at least 4 members (excludes halogenated alkanes) is 1. The van der Waals surface area contributed by atoms with Crippen molar-refractivity contribution in [1.82, 2.24) is 0 Å². The maximum Gasteiger partial charge on any atom is 0.320 e. The smallest absolute Gasteiger partial charge is 0.320 e. The molecule has 0 rings (SSSR count). The highest BCUT2D eigenvalue weighted by Crippen LogP contribution is 2.02. The van der Waals surface area contributed by atoms with Crippen molar-refractivity contribution in [2.75, 3.05) is 27.7 Å². The van der Waals surface area contributed by atoms with E-state index < -0.39 is 12.0 Å². The molecular weight excluding hydrogens is 207 g/mol. The van der Waals surface area contributed by atoms with Crippen molar-refractivity contribution in [3.05, 3.63) is 0 Å². The molecule has 0 aliphatic carbocycles. The van der Waals surface area contributed by atoms with E-state index in [2.05, 4.69) is 21.1 Å². The number of carbonyl (C=O) groups is 1. The Kier molecular flexibility index (Phi) is 8.10. The van der Waals surface area contributed by atoms with Crippen LogP contribution in [0.3, 0.4) is 0 Å². The number of rotatable bonds is 6. The van der Waals surface area contributed by atoms with Gasteiger partial charge in [-0.2, -0.15) is 0 Å². The molecule has 86 valence electrons. The molecule has 5 heteroatoms. The van der Waals surface area contributed by atoms with Gasteiger partial charge in [0.25, 0.3) is 0 Å². The van der Waals surface area contributed by atoms with Crippen LogP contribution in [0, 0.1) is 0 Å². The highest BCUT2D eigenvalue weighted by Gasteiger charge is 2.11. The van der Waals surface area contributed by atoms with Crippen LogP contribution in [-0.4, -0.2) is 49.3 Å². The van der Waals surface area contributed by atoms with Crippen LogP contribution in [0.15, 0.2) is 0 Å². The molecular formula is C9H21ClN2O2. The third-order valence-electron chi connectivity index (χ3n) is 1.91. The Morgan fingerprint density at radius 2 is 1.86 bits per heavy atom. The molecule has 0 amide bonds. The normalized spacial score (nSPS) is 13.1. The summed E-state index contributed by atoms with van der Waals surface area (Å²) in [4.78, 5) is 10.4. The Bertz CT molecular complexity index is 169. The highest BCUT2D eigenvalue weighted by molar-refractivity contribution is 5.72. The van der Waals surface area contributed by atoms with E-state index in [0.29, 0.717) is 6.42 Å². The fourth-order valence-corrected chi connectivity index (χ4v) is 1.07. The molecule has 0 bridgehead atoms. The van der Waals surface area contributed by atoms with E-state index in [1.807, 2.05) is 0 Å². The monoisotopic (exact) mass is 227 g/mol. The fraction of sp³-hybridized carbons (Fsp3) is 0.889. The number of hydrogen-bond acceptors (Lipinski definition) is 2. The van der Waals surface area contributed by atoms with Gasteiger partial charge < -0.3 is 27.7 Å². The van der Waals surface area contributed by atoms with Crippen molar-refractivity contribution in [2.45, 2.75) is 25.3 Å². The van der Waals surface area contributed by atoms with Crippen LogP contribution < -0.4 is 18.1 Å². The fourth-order valence-electron chi connectivity index (χ4n) is 1.07. The Labute approximate surface area is 92.1 Å². The number of carboxylic acid groups (broad SMARTS) is 1. The van der Waals surface area contributed by atoms with Gasteiger partial charge in [0, 0.05) is 0 Å². The predicted molar refractivity (Wildman–Crippen MR) is 52.4 cm³/mol. The first-order valence-corrected chi connectivity index (χ1v) is 4.62. The molecule has 4 nitrogen and oxygen atoms in total. The van der Waals surface area contributed by atoms with Gasteiger partial charge in [-0.25, -0.2) is 0 Å². The maximum atomic E-state index is 10.4. The average molecular weight is 228 g/mol. The summed E-state index contributed by atoms with van der Waals surface area (Å²) in [6.07, 6.45) is 2.50. The Morgan fingerprint density at radius 3 is 2.21 bits per heavy atom. The molecule has 0 aromatic rings. The average Bonchev–Trinajstić information content (AvgIpc) is 1.95. The first-order chi connectivity index (χ1) is 5.83. The second kappa shape index (κ2) is 7.04. The summed E-state index contributed by atoms with van der Waals surface area (Å²) in [5.41, 5.74) is 5.36. The van der Waals surface area contributed by atoms with Crippen LogP contribution in [0.5, 0.6) is 0 Å². The molecule has 0 heterocycles. The summed E-state index contributed by atoms with van der Waals surface area (Å²) in [5.74, 6) is -0.898. The summed E-state index contributed by atoms with van der Waals surface area (Å²) in [6.45, 7) is 1.06. The Balaban J connectivity index is 0. The number of nitrogens with two attached hydrogens (primary N) is 1. The third kappa shape index (κ3) is 9.77. The SMILES string of the molecule is [13CH3][N+]([13CH3])([13CH3])CCCC[C@H](N)C(=O)O.[Cl-]. The first kappa shape index (κ1) is 16.1. The van der Waals surface area contributed by atoms with Gasteiger partial charge in [-0.05, 0) is 19.3 Å². The van der Waals surface area contributed by atoms with Gasteiger partial charge >= 0.3 is 5.97 Å². The second-order valence-corrected chi connectivity index (χ2v) is 4.45. The van der Waals surface area contributed by atoms with Crippen molar-refractivity contribution >= 4 is 5.97 Å². The van der Waals surface area contributed by atoms with Crippen LogP contribution in [0.4, 0.5) is 0 Å². The van der Waals surface area contributed by atoms with Crippen LogP contribution >= 0.6 is 0 Å². The molecule has 0 aliphatic heterocycles. The van der Waals surface area contributed by atoms with Gasteiger partial charge in [0.2, 0.25) is 0 Å². The minimum absolute atomic E-state index is 0. The van der Waals surface area contributed by atoms with Gasteiger partial charge in [-0.1, -0.05) is 0 Å². The van der Waals surface area contributed by atoms with Gasteiger partial charge in [0.15, 0.2) is 0 Å². The number of halogens is 1. The topological polar surface area (TPSA) is 63.3 Å². The molecule has 0 aromatic carbocycles. The van der Waals surface area contributed by atoms with Crippen molar-refractivity contribution in [2.24, 2.45) is 5.73 Å². The number of aliphatic carboxylic acids is 1. The van der Waals surface area contributed by atoms with Crippen LogP contribution in [0.1, 0.15) is 19.3 Å². The molecule has 14 heavy (non-hydrogen) atoms. The predicted octanol–water partition coefficient (Wildman–Crippen LogP) is -2.72. The quantitative estimate of drug-likeness (QED) is 0.295. The second-order valence-electron chi connectivity index (χ2n) is 4.45. The molecule has 0 saturated carbocycles. The van der Waals surface area contributed by atoms with E-state index in [1.54, 1.807) is 0 Å². The van der Waals surface area contributed by atoms with Crippen molar-refractivity contribution in [1.29, 1.82) is 0 Å². The largest absolute Gasteiger partial charge is 1.00 e. The Hall–Kier alpha value is -0.320. The van der Waals surface area contributed by atoms with E-state index in [0.717, 1.165) is 23.9 Å². The van der Waals surface area contributed by atoms with Crippen molar-refractivity contribution in [3.63, 3.8) is 0 Å². The third-order valence-corrected chi connectivity index (χ3v) is 1.91. The molecule has 0 aromatic heterocycles. The van der Waals surface area contributed by atoms with Crippen LogP contribution in [0.25, 0.3) is 0 Å². The summed E-state index contributed by atoms with van der Waals surface area (Å²) in [5, 5.41) is 8.51. The van der Waals surface area contributed by atoms with E-state index in [9.17, 15) is 4.79 Å².